The van der Waals surface area contributed by atoms with Crippen LogP contribution in [0.25, 0.3) is 0 Å². The van der Waals surface area contributed by atoms with Gasteiger partial charge < -0.3 is 30.6 Å². The van der Waals surface area contributed by atoms with Gasteiger partial charge in [0.25, 0.3) is 0 Å². The van der Waals surface area contributed by atoms with Crippen molar-refractivity contribution in [3.8, 4) is 0 Å². The number of hydrogen-bond donors (Lipinski definition) is 6. The largest absolute Gasteiger partial charge is 0.393 e. The van der Waals surface area contributed by atoms with Crippen LogP contribution in [0, 0.1) is 46.3 Å². The number of hydrogen-bond acceptors (Lipinski definition) is 6. The van der Waals surface area contributed by atoms with Gasteiger partial charge >= 0.3 is 0 Å². The zero-order chi connectivity index (χ0) is 24.6. The molecule has 0 aromatic rings. The topological polar surface area (TPSA) is 121 Å². The molecular weight excluding hydrogens is 420 g/mol. The summed E-state index contributed by atoms with van der Waals surface area (Å²) in [5.74, 6) is -4.35. The van der Waals surface area contributed by atoms with E-state index < -0.39 is 23.1 Å². The molecule has 6 heteroatoms. The van der Waals surface area contributed by atoms with Crippen LogP contribution in [0.5, 0.6) is 0 Å². The molecule has 4 aliphatic rings. The van der Waals surface area contributed by atoms with Crippen LogP contribution >= 0.6 is 0 Å². The monoisotopic (exact) mass is 468 g/mol. The lowest BCUT2D eigenvalue weighted by molar-refractivity contribution is -0.421. The number of rotatable bonds is 5. The van der Waals surface area contributed by atoms with E-state index in [2.05, 4.69) is 13.8 Å². The first-order chi connectivity index (χ1) is 15.1. The van der Waals surface area contributed by atoms with Gasteiger partial charge in [0.05, 0.1) is 6.10 Å². The number of aliphatic hydroxyl groups is 6. The Morgan fingerprint density at radius 1 is 0.818 bits per heavy atom. The smallest absolute Gasteiger partial charge is 0.248 e. The highest BCUT2D eigenvalue weighted by molar-refractivity contribution is 5.14. The fourth-order valence-corrected chi connectivity index (χ4v) is 9.52. The lowest BCUT2D eigenvalue weighted by Gasteiger charge is -2.62. The molecule has 0 amide bonds. The summed E-state index contributed by atoms with van der Waals surface area (Å²) < 4.78 is 0. The predicted molar refractivity (Wildman–Crippen MR) is 126 cm³/mol. The van der Waals surface area contributed by atoms with E-state index in [4.69, 9.17) is 0 Å². The van der Waals surface area contributed by atoms with Crippen molar-refractivity contribution >= 4 is 0 Å². The summed E-state index contributed by atoms with van der Waals surface area (Å²) >= 11 is 0. The van der Waals surface area contributed by atoms with Crippen LogP contribution in [-0.4, -0.2) is 53.9 Å². The van der Waals surface area contributed by atoms with Gasteiger partial charge in [-0.15, -0.1) is 0 Å². The SMILES string of the molecule is CC(C)CC(O)(O)C(O)(O)[C@](C)(O)[C@H]1CCC2[C@@H]3CCC4CC(O)CC[C@]4(C)[C@H]3CC[C@@]21C. The van der Waals surface area contributed by atoms with Gasteiger partial charge in [-0.1, -0.05) is 27.7 Å². The van der Waals surface area contributed by atoms with Gasteiger partial charge in [0.15, 0.2) is 0 Å². The maximum absolute atomic E-state index is 11.6. The summed E-state index contributed by atoms with van der Waals surface area (Å²) in [7, 11) is 0. The Kier molecular flexibility index (Phi) is 6.37. The van der Waals surface area contributed by atoms with Crippen LogP contribution < -0.4 is 0 Å². The standard InChI is InChI=1S/C27H48O6/c1-16(2)15-26(30,31)27(32,33)25(5,29)22-9-8-20-19-7-6-17-14-18(28)10-12-23(17,3)21(19)11-13-24(20,22)4/h16-22,28-33H,6-15H2,1-5H3/t17?,18?,19-,20?,21-,22-,23-,24-,25+/m0/s1. The first-order valence-electron chi connectivity index (χ1n) is 13.4. The quantitative estimate of drug-likeness (QED) is 0.345. The summed E-state index contributed by atoms with van der Waals surface area (Å²) in [6.45, 7) is 9.58. The number of fused-ring (bicyclic) bond motifs is 5. The molecule has 0 spiro atoms. The maximum atomic E-state index is 11.6. The fourth-order valence-electron chi connectivity index (χ4n) is 9.52. The second kappa shape index (κ2) is 8.14. The van der Waals surface area contributed by atoms with Crippen LogP contribution in [-0.2, 0) is 0 Å². The van der Waals surface area contributed by atoms with Crippen LogP contribution in [0.1, 0.15) is 98.8 Å². The summed E-state index contributed by atoms with van der Waals surface area (Å²) in [5, 5.41) is 65.2. The van der Waals surface area contributed by atoms with Crippen molar-refractivity contribution in [1.82, 2.24) is 0 Å². The van der Waals surface area contributed by atoms with Crippen molar-refractivity contribution in [2.24, 2.45) is 46.3 Å². The molecule has 0 aromatic heterocycles. The van der Waals surface area contributed by atoms with Crippen molar-refractivity contribution in [1.29, 1.82) is 0 Å². The molecule has 4 rings (SSSR count). The molecule has 6 N–H and O–H groups in total. The van der Waals surface area contributed by atoms with E-state index >= 15 is 0 Å². The van der Waals surface area contributed by atoms with Crippen molar-refractivity contribution in [3.63, 3.8) is 0 Å². The van der Waals surface area contributed by atoms with E-state index in [1.807, 2.05) is 0 Å². The highest BCUT2D eigenvalue weighted by Crippen LogP contribution is 2.69. The maximum Gasteiger partial charge on any atom is 0.248 e. The summed E-state index contributed by atoms with van der Waals surface area (Å²) in [6, 6.07) is 0. The minimum atomic E-state index is -3.03. The van der Waals surface area contributed by atoms with Gasteiger partial charge in [-0.3, -0.25) is 0 Å². The highest BCUT2D eigenvalue weighted by atomic mass is 16.6. The Morgan fingerprint density at radius 2 is 1.42 bits per heavy atom. The van der Waals surface area contributed by atoms with E-state index in [0.29, 0.717) is 30.1 Å². The van der Waals surface area contributed by atoms with Crippen LogP contribution in [0.2, 0.25) is 0 Å². The molecular formula is C27H48O6. The Balaban J connectivity index is 1.60. The Labute approximate surface area is 199 Å². The minimum Gasteiger partial charge on any atom is -0.393 e. The zero-order valence-electron chi connectivity index (χ0n) is 21.3. The molecule has 0 bridgehead atoms. The van der Waals surface area contributed by atoms with Crippen molar-refractivity contribution in [2.45, 2.75) is 122 Å². The van der Waals surface area contributed by atoms with Gasteiger partial charge in [-0.2, -0.15) is 0 Å². The third-order valence-corrected chi connectivity index (χ3v) is 11.3. The molecule has 3 unspecified atom stereocenters. The lowest BCUT2D eigenvalue weighted by Crippen LogP contribution is -2.71. The van der Waals surface area contributed by atoms with E-state index in [1.54, 1.807) is 13.8 Å². The Hall–Kier alpha value is -0.240. The molecule has 6 nitrogen and oxygen atoms in total. The van der Waals surface area contributed by atoms with Gasteiger partial charge in [0, 0.05) is 6.42 Å². The normalized spacial score (nSPS) is 45.8. The first kappa shape index (κ1) is 25.8. The summed E-state index contributed by atoms with van der Waals surface area (Å²) in [6.07, 6.45) is 8.27. The molecule has 33 heavy (non-hydrogen) atoms. The molecule has 9 atom stereocenters. The summed E-state index contributed by atoms with van der Waals surface area (Å²) in [4.78, 5) is 0. The van der Waals surface area contributed by atoms with Gasteiger partial charge in [-0.25, -0.2) is 0 Å². The van der Waals surface area contributed by atoms with Crippen LogP contribution in [0.15, 0.2) is 0 Å². The molecule has 192 valence electrons. The third kappa shape index (κ3) is 3.74. The molecule has 0 saturated heterocycles. The van der Waals surface area contributed by atoms with Crippen LogP contribution in [0.3, 0.4) is 0 Å². The van der Waals surface area contributed by atoms with Gasteiger partial charge in [0.1, 0.15) is 5.60 Å². The fraction of sp³-hybridized carbons (Fsp3) is 1.00. The van der Waals surface area contributed by atoms with Crippen molar-refractivity contribution in [3.05, 3.63) is 0 Å². The first-order valence-corrected chi connectivity index (χ1v) is 13.4. The van der Waals surface area contributed by atoms with E-state index in [0.717, 1.165) is 51.4 Å². The predicted octanol–water partition coefficient (Wildman–Crippen LogP) is 3.17. The Morgan fingerprint density at radius 3 is 2.06 bits per heavy atom. The van der Waals surface area contributed by atoms with Crippen LogP contribution in [0.4, 0.5) is 0 Å². The zero-order valence-corrected chi connectivity index (χ0v) is 21.3. The molecule has 4 aliphatic carbocycles. The highest BCUT2D eigenvalue weighted by Gasteiger charge is 2.69. The van der Waals surface area contributed by atoms with Gasteiger partial charge in [-0.05, 0) is 111 Å². The lowest BCUT2D eigenvalue weighted by atomic mass is 9.44. The summed E-state index contributed by atoms with van der Waals surface area (Å²) in [5.41, 5.74) is -2.09. The Bertz CT molecular complexity index is 732. The van der Waals surface area contributed by atoms with E-state index in [-0.39, 0.29) is 29.3 Å². The molecule has 0 radical (unpaired) electrons. The second-order valence-electron chi connectivity index (χ2n) is 13.5. The van der Waals surface area contributed by atoms with E-state index in [1.165, 1.54) is 6.92 Å². The third-order valence-electron chi connectivity index (χ3n) is 11.3. The molecule has 4 fully saturated rings. The molecule has 4 saturated carbocycles. The second-order valence-corrected chi connectivity index (χ2v) is 13.5. The average molecular weight is 469 g/mol. The van der Waals surface area contributed by atoms with Crippen molar-refractivity contribution < 1.29 is 30.6 Å². The molecule has 0 heterocycles. The van der Waals surface area contributed by atoms with E-state index in [9.17, 15) is 30.6 Å². The van der Waals surface area contributed by atoms with Gasteiger partial charge in [0.2, 0.25) is 11.6 Å². The average Bonchev–Trinajstić information content (AvgIpc) is 3.05. The molecule has 0 aromatic carbocycles. The minimum absolute atomic E-state index is 0.162. The molecule has 0 aliphatic heterocycles. The van der Waals surface area contributed by atoms with Crippen molar-refractivity contribution in [2.75, 3.05) is 0 Å². The number of aliphatic hydroxyl groups excluding tert-OH is 1.